The molecular formula is C11H19NO3. The number of nitrogens with zero attached hydrogens (tertiary/aromatic N) is 1. The van der Waals surface area contributed by atoms with Gasteiger partial charge in [-0.1, -0.05) is 0 Å². The molecule has 2 heterocycles. The van der Waals surface area contributed by atoms with Gasteiger partial charge in [-0.3, -0.25) is 4.79 Å². The van der Waals surface area contributed by atoms with Gasteiger partial charge in [0.2, 0.25) is 0 Å². The lowest BCUT2D eigenvalue weighted by atomic mass is 10.1. The Kier molecular flexibility index (Phi) is 3.26. The van der Waals surface area contributed by atoms with Gasteiger partial charge < -0.3 is 14.4 Å². The van der Waals surface area contributed by atoms with Crippen LogP contribution in [0.1, 0.15) is 26.7 Å². The molecule has 4 heteroatoms. The molecule has 86 valence electrons. The van der Waals surface area contributed by atoms with Gasteiger partial charge in [0.05, 0.1) is 25.3 Å². The van der Waals surface area contributed by atoms with Gasteiger partial charge in [-0.15, -0.1) is 0 Å². The van der Waals surface area contributed by atoms with E-state index in [2.05, 4.69) is 0 Å². The highest BCUT2D eigenvalue weighted by molar-refractivity contribution is 5.81. The van der Waals surface area contributed by atoms with E-state index in [1.807, 2.05) is 18.7 Å². The zero-order chi connectivity index (χ0) is 10.8. The van der Waals surface area contributed by atoms with E-state index in [0.717, 1.165) is 19.4 Å². The number of hydrogen-bond acceptors (Lipinski definition) is 3. The standard InChI is InChI=1S/C11H19NO3/c1-8-6-14-7-9(2)12(8)11(13)10-4-3-5-15-10/h8-10H,3-7H2,1-2H3/t8-,9-,10+/m1/s1. The largest absolute Gasteiger partial charge is 0.377 e. The van der Waals surface area contributed by atoms with Crippen LogP contribution in [0.2, 0.25) is 0 Å². The number of hydrogen-bond donors (Lipinski definition) is 0. The van der Waals surface area contributed by atoms with Crippen molar-refractivity contribution in [2.45, 2.75) is 44.9 Å². The highest BCUT2D eigenvalue weighted by Crippen LogP contribution is 2.20. The Morgan fingerprint density at radius 2 is 1.93 bits per heavy atom. The van der Waals surface area contributed by atoms with Crippen LogP contribution in [0.15, 0.2) is 0 Å². The molecule has 15 heavy (non-hydrogen) atoms. The van der Waals surface area contributed by atoms with Crippen molar-refractivity contribution in [1.82, 2.24) is 4.90 Å². The number of carbonyl (C=O) groups excluding carboxylic acids is 1. The molecule has 0 aromatic carbocycles. The third-order valence-corrected chi connectivity index (χ3v) is 3.13. The number of rotatable bonds is 1. The fraction of sp³-hybridized carbons (Fsp3) is 0.909. The first-order chi connectivity index (χ1) is 7.20. The topological polar surface area (TPSA) is 38.8 Å². The van der Waals surface area contributed by atoms with Crippen LogP contribution in [-0.4, -0.2) is 48.8 Å². The number of carbonyl (C=O) groups is 1. The fourth-order valence-electron chi connectivity index (χ4n) is 2.38. The highest BCUT2D eigenvalue weighted by Gasteiger charge is 2.35. The van der Waals surface area contributed by atoms with Crippen molar-refractivity contribution >= 4 is 5.91 Å². The van der Waals surface area contributed by atoms with Crippen molar-refractivity contribution < 1.29 is 14.3 Å². The molecule has 0 bridgehead atoms. The minimum absolute atomic E-state index is 0.149. The minimum Gasteiger partial charge on any atom is -0.377 e. The lowest BCUT2D eigenvalue weighted by Crippen LogP contribution is -2.55. The SMILES string of the molecule is C[C@@H]1COC[C@@H](C)N1C(=O)[C@@H]1CCCO1. The number of amides is 1. The van der Waals surface area contributed by atoms with Crippen molar-refractivity contribution in [1.29, 1.82) is 0 Å². The second-order valence-electron chi connectivity index (χ2n) is 4.48. The van der Waals surface area contributed by atoms with Gasteiger partial charge in [-0.25, -0.2) is 0 Å². The predicted octanol–water partition coefficient (Wildman–Crippen LogP) is 0.801. The predicted molar refractivity (Wildman–Crippen MR) is 55.6 cm³/mol. The molecule has 0 spiro atoms. The average Bonchev–Trinajstić information content (AvgIpc) is 2.69. The van der Waals surface area contributed by atoms with Crippen molar-refractivity contribution in [3.8, 4) is 0 Å². The smallest absolute Gasteiger partial charge is 0.252 e. The average molecular weight is 213 g/mol. The van der Waals surface area contributed by atoms with E-state index in [0.29, 0.717) is 13.2 Å². The van der Waals surface area contributed by atoms with Crippen LogP contribution in [0.25, 0.3) is 0 Å². The van der Waals surface area contributed by atoms with Crippen LogP contribution >= 0.6 is 0 Å². The van der Waals surface area contributed by atoms with E-state index >= 15 is 0 Å². The Hall–Kier alpha value is -0.610. The first-order valence-electron chi connectivity index (χ1n) is 5.71. The summed E-state index contributed by atoms with van der Waals surface area (Å²) in [4.78, 5) is 14.1. The molecule has 0 aromatic rings. The molecule has 0 N–H and O–H groups in total. The maximum absolute atomic E-state index is 12.2. The third kappa shape index (κ3) is 2.16. The summed E-state index contributed by atoms with van der Waals surface area (Å²) in [6.45, 7) is 6.07. The maximum Gasteiger partial charge on any atom is 0.252 e. The lowest BCUT2D eigenvalue weighted by molar-refractivity contribution is -0.153. The summed E-state index contributed by atoms with van der Waals surface area (Å²) in [5.41, 5.74) is 0. The molecule has 0 aromatic heterocycles. The summed E-state index contributed by atoms with van der Waals surface area (Å²) in [5.74, 6) is 0.149. The zero-order valence-electron chi connectivity index (χ0n) is 9.44. The van der Waals surface area contributed by atoms with Crippen molar-refractivity contribution in [3.63, 3.8) is 0 Å². The molecule has 2 fully saturated rings. The van der Waals surface area contributed by atoms with Crippen LogP contribution in [0.5, 0.6) is 0 Å². The van der Waals surface area contributed by atoms with Gasteiger partial charge >= 0.3 is 0 Å². The Balaban J connectivity index is 2.02. The van der Waals surface area contributed by atoms with Gasteiger partial charge in [0.1, 0.15) is 6.10 Å². The van der Waals surface area contributed by atoms with Crippen LogP contribution < -0.4 is 0 Å². The van der Waals surface area contributed by atoms with E-state index < -0.39 is 0 Å². The monoisotopic (exact) mass is 213 g/mol. The molecule has 2 saturated heterocycles. The van der Waals surface area contributed by atoms with E-state index in [4.69, 9.17) is 9.47 Å². The van der Waals surface area contributed by atoms with E-state index in [9.17, 15) is 4.79 Å². The van der Waals surface area contributed by atoms with Crippen LogP contribution in [-0.2, 0) is 14.3 Å². The number of ether oxygens (including phenoxy) is 2. The molecule has 0 radical (unpaired) electrons. The van der Waals surface area contributed by atoms with Gasteiger partial charge in [0, 0.05) is 6.61 Å². The van der Waals surface area contributed by atoms with Gasteiger partial charge in [0.25, 0.3) is 5.91 Å². The molecule has 1 amide bonds. The highest BCUT2D eigenvalue weighted by atomic mass is 16.5. The van der Waals surface area contributed by atoms with Gasteiger partial charge in [0.15, 0.2) is 0 Å². The Morgan fingerprint density at radius 3 is 2.47 bits per heavy atom. The first kappa shape index (κ1) is 10.9. The summed E-state index contributed by atoms with van der Waals surface area (Å²) < 4.78 is 10.8. The molecule has 2 rings (SSSR count). The second-order valence-corrected chi connectivity index (χ2v) is 4.48. The second kappa shape index (κ2) is 4.49. The van der Waals surface area contributed by atoms with Crippen molar-refractivity contribution in [2.75, 3.05) is 19.8 Å². The van der Waals surface area contributed by atoms with E-state index in [-0.39, 0.29) is 24.1 Å². The van der Waals surface area contributed by atoms with Crippen LogP contribution in [0, 0.1) is 0 Å². The molecule has 0 unspecified atom stereocenters. The van der Waals surface area contributed by atoms with Gasteiger partial charge in [-0.05, 0) is 26.7 Å². The third-order valence-electron chi connectivity index (χ3n) is 3.13. The van der Waals surface area contributed by atoms with Crippen molar-refractivity contribution in [3.05, 3.63) is 0 Å². The summed E-state index contributed by atoms with van der Waals surface area (Å²) in [7, 11) is 0. The fourth-order valence-corrected chi connectivity index (χ4v) is 2.38. The summed E-state index contributed by atoms with van der Waals surface area (Å²) in [6, 6.07) is 0.343. The maximum atomic E-state index is 12.2. The van der Waals surface area contributed by atoms with E-state index in [1.54, 1.807) is 0 Å². The molecule has 4 nitrogen and oxygen atoms in total. The molecule has 0 saturated carbocycles. The Bertz CT molecular complexity index is 228. The van der Waals surface area contributed by atoms with Crippen LogP contribution in [0.3, 0.4) is 0 Å². The zero-order valence-corrected chi connectivity index (χ0v) is 9.44. The number of morpholine rings is 1. The van der Waals surface area contributed by atoms with Gasteiger partial charge in [-0.2, -0.15) is 0 Å². The lowest BCUT2D eigenvalue weighted by Gasteiger charge is -2.39. The normalized spacial score (nSPS) is 36.9. The summed E-state index contributed by atoms with van der Waals surface area (Å²) in [5, 5.41) is 0. The molecule has 2 aliphatic heterocycles. The molecule has 0 aliphatic carbocycles. The van der Waals surface area contributed by atoms with Crippen LogP contribution in [0.4, 0.5) is 0 Å². The molecule has 2 aliphatic rings. The minimum atomic E-state index is -0.201. The quantitative estimate of drug-likeness (QED) is 0.646. The first-order valence-corrected chi connectivity index (χ1v) is 5.71. The van der Waals surface area contributed by atoms with E-state index in [1.165, 1.54) is 0 Å². The Morgan fingerprint density at radius 1 is 1.27 bits per heavy atom. The summed E-state index contributed by atoms with van der Waals surface area (Å²) in [6.07, 6.45) is 1.67. The molecule has 3 atom stereocenters. The molecular weight excluding hydrogens is 194 g/mol. The Labute approximate surface area is 90.5 Å². The van der Waals surface area contributed by atoms with Crippen molar-refractivity contribution in [2.24, 2.45) is 0 Å². The summed E-state index contributed by atoms with van der Waals surface area (Å²) >= 11 is 0.